The van der Waals surface area contributed by atoms with Crippen molar-refractivity contribution in [3.05, 3.63) is 77.4 Å². The topological polar surface area (TPSA) is 115 Å². The zero-order chi connectivity index (χ0) is 23.4. The van der Waals surface area contributed by atoms with Crippen LogP contribution < -0.4 is 11.5 Å². The number of halogens is 1. The Morgan fingerprint density at radius 2 is 1.94 bits per heavy atom. The first-order valence-electron chi connectivity index (χ1n) is 11.0. The molecule has 3 aromatic rings. The minimum Gasteiger partial charge on any atom is -0.368 e. The number of nitrogen functional groups attached to an aromatic ring is 1. The van der Waals surface area contributed by atoms with E-state index in [0.29, 0.717) is 31.5 Å². The van der Waals surface area contributed by atoms with Gasteiger partial charge in [0, 0.05) is 42.8 Å². The number of primary amides is 1. The lowest BCUT2D eigenvalue weighted by Gasteiger charge is -2.33. The van der Waals surface area contributed by atoms with Gasteiger partial charge in [0.1, 0.15) is 5.82 Å². The van der Waals surface area contributed by atoms with Crippen LogP contribution in [-0.4, -0.2) is 39.8 Å². The summed E-state index contributed by atoms with van der Waals surface area (Å²) in [5.41, 5.74) is 15.0. The summed E-state index contributed by atoms with van der Waals surface area (Å²) in [4.78, 5) is 35.1. The molecule has 1 aliphatic heterocycles. The number of nitrogens with two attached hydrogens (primary N) is 2. The molecule has 170 valence electrons. The molecule has 33 heavy (non-hydrogen) atoms. The number of carbonyl (C=O) groups excluding carboxylic acids is 2. The number of likely N-dealkylation sites (tertiary alicyclic amines) is 1. The highest BCUT2D eigenvalue weighted by molar-refractivity contribution is 5.94. The second-order valence-electron chi connectivity index (χ2n) is 8.28. The predicted molar refractivity (Wildman–Crippen MR) is 124 cm³/mol. The maximum Gasteiger partial charge on any atom is 0.248 e. The molecule has 1 atom stereocenters. The fraction of sp³-hybridized carbons (Fsp3) is 0.280. The van der Waals surface area contributed by atoms with Crippen molar-refractivity contribution in [1.29, 1.82) is 0 Å². The molecule has 0 bridgehead atoms. The average Bonchev–Trinajstić information content (AvgIpc) is 2.83. The molecule has 8 heteroatoms. The number of hydrogen-bond acceptors (Lipinski definition) is 5. The van der Waals surface area contributed by atoms with Gasteiger partial charge in [-0.3, -0.25) is 9.59 Å². The molecule has 1 aliphatic rings. The van der Waals surface area contributed by atoms with Gasteiger partial charge in [-0.15, -0.1) is 0 Å². The van der Waals surface area contributed by atoms with Crippen molar-refractivity contribution in [2.75, 3.05) is 18.8 Å². The molecule has 1 aromatic heterocycles. The molecule has 2 heterocycles. The third-order valence-corrected chi connectivity index (χ3v) is 6.00. The first-order valence-corrected chi connectivity index (χ1v) is 11.0. The second kappa shape index (κ2) is 9.77. The molecule has 4 N–H and O–H groups in total. The van der Waals surface area contributed by atoms with Crippen LogP contribution in [-0.2, 0) is 11.2 Å². The molecule has 1 saturated heterocycles. The highest BCUT2D eigenvalue weighted by Gasteiger charge is 2.28. The van der Waals surface area contributed by atoms with E-state index in [0.717, 1.165) is 35.2 Å². The van der Waals surface area contributed by atoms with Gasteiger partial charge in [0.25, 0.3) is 0 Å². The molecular formula is C25H26FN5O2. The summed E-state index contributed by atoms with van der Waals surface area (Å²) in [5, 5.41) is 0. The molecule has 0 aliphatic carbocycles. The van der Waals surface area contributed by atoms with Gasteiger partial charge in [-0.25, -0.2) is 14.4 Å². The van der Waals surface area contributed by atoms with E-state index in [1.54, 1.807) is 36.5 Å². The van der Waals surface area contributed by atoms with Gasteiger partial charge >= 0.3 is 0 Å². The Balaban J connectivity index is 1.52. The van der Waals surface area contributed by atoms with Gasteiger partial charge in [-0.1, -0.05) is 24.3 Å². The third-order valence-electron chi connectivity index (χ3n) is 6.00. The van der Waals surface area contributed by atoms with E-state index in [9.17, 15) is 14.0 Å². The van der Waals surface area contributed by atoms with Crippen molar-refractivity contribution in [2.24, 2.45) is 5.73 Å². The fourth-order valence-corrected chi connectivity index (χ4v) is 4.27. The van der Waals surface area contributed by atoms with Crippen LogP contribution in [0.4, 0.5) is 10.3 Å². The number of aromatic nitrogens is 2. The van der Waals surface area contributed by atoms with Crippen molar-refractivity contribution >= 4 is 17.8 Å². The lowest BCUT2D eigenvalue weighted by atomic mass is 9.89. The highest BCUT2D eigenvalue weighted by Crippen LogP contribution is 2.34. The molecule has 2 aromatic carbocycles. The molecule has 4 rings (SSSR count). The number of piperidine rings is 1. The van der Waals surface area contributed by atoms with Gasteiger partial charge < -0.3 is 16.4 Å². The number of nitrogens with zero attached hydrogens (tertiary/aromatic N) is 3. The van der Waals surface area contributed by atoms with Crippen LogP contribution in [0.2, 0.25) is 0 Å². The predicted octanol–water partition coefficient (Wildman–Crippen LogP) is 3.30. The molecule has 1 unspecified atom stereocenters. The van der Waals surface area contributed by atoms with Crippen molar-refractivity contribution in [2.45, 2.75) is 31.6 Å². The maximum absolute atomic E-state index is 13.1. The molecular weight excluding hydrogens is 421 g/mol. The minimum atomic E-state index is -0.509. The Bertz CT molecular complexity index is 1170. The standard InChI is InChI=1S/C25H26FN5O2/c26-20-9-6-16(7-10-20)8-11-22(32)31-12-2-5-19(15-31)23-21(14-29-25(28)30-23)17-3-1-4-18(13-17)24(27)33/h1,3-4,6-7,9-10,13-14,19H,2,5,8,11-12,15H2,(H2,27,33)(H2,28,29,30). The van der Waals surface area contributed by atoms with E-state index in [1.807, 2.05) is 11.0 Å². The van der Waals surface area contributed by atoms with E-state index in [-0.39, 0.29) is 23.6 Å². The Morgan fingerprint density at radius 1 is 1.15 bits per heavy atom. The molecule has 7 nitrogen and oxygen atoms in total. The van der Waals surface area contributed by atoms with Crippen LogP contribution in [0.3, 0.4) is 0 Å². The number of benzene rings is 2. The molecule has 0 saturated carbocycles. The van der Waals surface area contributed by atoms with Gasteiger partial charge in [0.05, 0.1) is 5.69 Å². The maximum atomic E-state index is 13.1. The van der Waals surface area contributed by atoms with Crippen molar-refractivity contribution in [1.82, 2.24) is 14.9 Å². The zero-order valence-electron chi connectivity index (χ0n) is 18.2. The van der Waals surface area contributed by atoms with E-state index < -0.39 is 5.91 Å². The van der Waals surface area contributed by atoms with E-state index >= 15 is 0 Å². The second-order valence-corrected chi connectivity index (χ2v) is 8.28. The molecule has 0 radical (unpaired) electrons. The number of carbonyl (C=O) groups is 2. The Labute approximate surface area is 191 Å². The summed E-state index contributed by atoms with van der Waals surface area (Å²) < 4.78 is 13.1. The Morgan fingerprint density at radius 3 is 2.70 bits per heavy atom. The fourth-order valence-electron chi connectivity index (χ4n) is 4.27. The summed E-state index contributed by atoms with van der Waals surface area (Å²) in [6.45, 7) is 1.22. The van der Waals surface area contributed by atoms with Crippen molar-refractivity contribution in [3.8, 4) is 11.1 Å². The monoisotopic (exact) mass is 447 g/mol. The van der Waals surface area contributed by atoms with Crippen molar-refractivity contribution < 1.29 is 14.0 Å². The summed E-state index contributed by atoms with van der Waals surface area (Å²) in [7, 11) is 0. The van der Waals surface area contributed by atoms with Crippen LogP contribution in [0.15, 0.2) is 54.7 Å². The Kier molecular flexibility index (Phi) is 6.63. The minimum absolute atomic E-state index is 0.00828. The van der Waals surface area contributed by atoms with Crippen LogP contribution >= 0.6 is 0 Å². The number of rotatable bonds is 6. The summed E-state index contributed by atoms with van der Waals surface area (Å²) in [6.07, 6.45) is 4.29. The SMILES string of the molecule is NC(=O)c1cccc(-c2cnc(N)nc2C2CCCN(C(=O)CCc3ccc(F)cc3)C2)c1. The summed E-state index contributed by atoms with van der Waals surface area (Å²) in [5.74, 6) is -0.579. The molecule has 2 amide bonds. The first kappa shape index (κ1) is 22.4. The van der Waals surface area contributed by atoms with Crippen LogP contribution in [0.25, 0.3) is 11.1 Å². The number of aryl methyl sites for hydroxylation is 1. The zero-order valence-corrected chi connectivity index (χ0v) is 18.2. The van der Waals surface area contributed by atoms with E-state index in [1.165, 1.54) is 12.1 Å². The third kappa shape index (κ3) is 5.34. The van der Waals surface area contributed by atoms with Gasteiger partial charge in [-0.2, -0.15) is 0 Å². The molecule has 0 spiro atoms. The average molecular weight is 448 g/mol. The van der Waals surface area contributed by atoms with Crippen molar-refractivity contribution in [3.63, 3.8) is 0 Å². The molecule has 1 fully saturated rings. The van der Waals surface area contributed by atoms with E-state index in [4.69, 9.17) is 11.5 Å². The van der Waals surface area contributed by atoms with Gasteiger partial charge in [0.15, 0.2) is 0 Å². The number of hydrogen-bond donors (Lipinski definition) is 2. The normalized spacial score (nSPS) is 15.9. The lowest BCUT2D eigenvalue weighted by Crippen LogP contribution is -2.39. The Hall–Kier alpha value is -3.81. The van der Waals surface area contributed by atoms with Gasteiger partial charge in [-0.05, 0) is 54.7 Å². The van der Waals surface area contributed by atoms with Crippen LogP contribution in [0, 0.1) is 5.82 Å². The summed E-state index contributed by atoms with van der Waals surface area (Å²) in [6, 6.07) is 13.2. The quantitative estimate of drug-likeness (QED) is 0.602. The largest absolute Gasteiger partial charge is 0.368 e. The van der Waals surface area contributed by atoms with Crippen LogP contribution in [0.1, 0.15) is 46.8 Å². The number of amides is 2. The summed E-state index contributed by atoms with van der Waals surface area (Å²) >= 11 is 0. The first-order chi connectivity index (χ1) is 15.9. The van der Waals surface area contributed by atoms with Crippen LogP contribution in [0.5, 0.6) is 0 Å². The number of anilines is 1. The van der Waals surface area contributed by atoms with E-state index in [2.05, 4.69) is 9.97 Å². The van der Waals surface area contributed by atoms with Gasteiger partial charge in [0.2, 0.25) is 17.8 Å². The highest BCUT2D eigenvalue weighted by atomic mass is 19.1. The lowest BCUT2D eigenvalue weighted by molar-refractivity contribution is -0.132. The smallest absolute Gasteiger partial charge is 0.248 e.